The van der Waals surface area contributed by atoms with Gasteiger partial charge in [0.25, 0.3) is 0 Å². The van der Waals surface area contributed by atoms with E-state index in [-0.39, 0.29) is 4.75 Å². The zero-order valence-corrected chi connectivity index (χ0v) is 9.48. The van der Waals surface area contributed by atoms with Crippen LogP contribution in [0.2, 0.25) is 0 Å². The Morgan fingerprint density at radius 1 is 1.36 bits per heavy atom. The molecule has 1 aromatic carbocycles. The molecule has 74 valence electrons. The van der Waals surface area contributed by atoms with Gasteiger partial charge in [-0.25, -0.2) is 0 Å². The quantitative estimate of drug-likeness (QED) is 0.817. The average Bonchev–Trinajstić information content (AvgIpc) is 2.64. The first-order valence-corrected chi connectivity index (χ1v) is 5.85. The predicted molar refractivity (Wildman–Crippen MR) is 62.6 cm³/mol. The molecule has 0 fully saturated rings. The van der Waals surface area contributed by atoms with Crippen LogP contribution in [0.15, 0.2) is 24.4 Å². The van der Waals surface area contributed by atoms with Gasteiger partial charge in [0.2, 0.25) is 0 Å². The van der Waals surface area contributed by atoms with Crippen LogP contribution in [0.25, 0.3) is 10.9 Å². The highest BCUT2D eigenvalue weighted by Crippen LogP contribution is 2.34. The van der Waals surface area contributed by atoms with Crippen molar-refractivity contribution in [2.24, 2.45) is 0 Å². The van der Waals surface area contributed by atoms with Crippen LogP contribution < -0.4 is 0 Å². The first-order chi connectivity index (χ1) is 6.63. The Bertz CT molecular complexity index is 445. The maximum absolute atomic E-state index is 4.02. The largest absolute Gasteiger partial charge is 0.278 e. The number of aromatic amines is 1. The van der Waals surface area contributed by atoms with Crippen LogP contribution in [0.5, 0.6) is 0 Å². The fourth-order valence-corrected chi connectivity index (χ4v) is 1.80. The Kier molecular flexibility index (Phi) is 2.27. The van der Waals surface area contributed by atoms with Crippen molar-refractivity contribution in [3.63, 3.8) is 0 Å². The average molecular weight is 206 g/mol. The van der Waals surface area contributed by atoms with Gasteiger partial charge in [-0.15, -0.1) is 0 Å². The van der Waals surface area contributed by atoms with E-state index in [0.29, 0.717) is 0 Å². The summed E-state index contributed by atoms with van der Waals surface area (Å²) in [7, 11) is 0. The fraction of sp³-hybridized carbons (Fsp3) is 0.364. The highest BCUT2D eigenvalue weighted by Gasteiger charge is 2.18. The zero-order chi connectivity index (χ0) is 10.2. The topological polar surface area (TPSA) is 28.7 Å². The lowest BCUT2D eigenvalue weighted by Gasteiger charge is -2.22. The number of rotatable bonds is 2. The van der Waals surface area contributed by atoms with Crippen LogP contribution in [0, 0.1) is 0 Å². The zero-order valence-electron chi connectivity index (χ0n) is 8.66. The number of hydrogen-bond acceptors (Lipinski definition) is 2. The molecule has 0 saturated carbocycles. The molecule has 0 unspecified atom stereocenters. The maximum Gasteiger partial charge on any atom is 0.0650 e. The van der Waals surface area contributed by atoms with E-state index in [2.05, 4.69) is 48.5 Å². The molecule has 0 radical (unpaired) electrons. The van der Waals surface area contributed by atoms with Gasteiger partial charge in [0.05, 0.1) is 11.7 Å². The number of nitrogens with zero attached hydrogens (tertiary/aromatic N) is 1. The summed E-state index contributed by atoms with van der Waals surface area (Å²) in [6.45, 7) is 4.47. The number of fused-ring (bicyclic) bond motifs is 1. The molecular weight excluding hydrogens is 192 g/mol. The van der Waals surface area contributed by atoms with Crippen molar-refractivity contribution in [3.8, 4) is 0 Å². The highest BCUT2D eigenvalue weighted by molar-refractivity contribution is 7.99. The minimum atomic E-state index is 0.172. The Labute approximate surface area is 88.1 Å². The van der Waals surface area contributed by atoms with E-state index in [0.717, 1.165) is 5.52 Å². The SMILES string of the molecule is CSC(C)(C)c1ccc2[nH]ncc2c1. The normalized spacial score (nSPS) is 12.2. The summed E-state index contributed by atoms with van der Waals surface area (Å²) in [6, 6.07) is 6.46. The standard InChI is InChI=1S/C11H14N2S/c1-11(2,14-3)9-4-5-10-8(6-9)7-12-13-10/h4-7H,1-3H3,(H,12,13). The van der Waals surface area contributed by atoms with Crippen LogP contribution in [-0.2, 0) is 4.75 Å². The Morgan fingerprint density at radius 2 is 2.14 bits per heavy atom. The number of H-pyrrole nitrogens is 1. The third-order valence-corrected chi connectivity index (χ3v) is 3.90. The van der Waals surface area contributed by atoms with Gasteiger partial charge >= 0.3 is 0 Å². The molecule has 0 bridgehead atoms. The molecule has 0 saturated heterocycles. The van der Waals surface area contributed by atoms with Crippen molar-refractivity contribution in [2.45, 2.75) is 18.6 Å². The summed E-state index contributed by atoms with van der Waals surface area (Å²) >= 11 is 1.86. The van der Waals surface area contributed by atoms with Crippen molar-refractivity contribution in [3.05, 3.63) is 30.0 Å². The lowest BCUT2D eigenvalue weighted by molar-refractivity contribution is 0.787. The molecule has 2 nitrogen and oxygen atoms in total. The van der Waals surface area contributed by atoms with E-state index in [1.165, 1.54) is 10.9 Å². The van der Waals surface area contributed by atoms with Gasteiger partial charge in [-0.3, -0.25) is 5.10 Å². The van der Waals surface area contributed by atoms with Gasteiger partial charge in [-0.1, -0.05) is 6.07 Å². The third kappa shape index (κ3) is 1.52. The molecule has 0 aliphatic heterocycles. The van der Waals surface area contributed by atoms with Gasteiger partial charge in [-0.05, 0) is 37.8 Å². The summed E-state index contributed by atoms with van der Waals surface area (Å²) < 4.78 is 0.172. The van der Waals surface area contributed by atoms with E-state index in [1.54, 1.807) is 0 Å². The lowest BCUT2D eigenvalue weighted by Crippen LogP contribution is -2.10. The van der Waals surface area contributed by atoms with Crippen LogP contribution in [0.4, 0.5) is 0 Å². The number of hydrogen-bond donors (Lipinski definition) is 1. The summed E-state index contributed by atoms with van der Waals surface area (Å²) in [5, 5.41) is 8.16. The minimum Gasteiger partial charge on any atom is -0.278 e. The minimum absolute atomic E-state index is 0.172. The molecule has 2 aromatic rings. The first kappa shape index (κ1) is 9.59. The smallest absolute Gasteiger partial charge is 0.0650 e. The number of nitrogens with one attached hydrogen (secondary N) is 1. The second-order valence-corrected chi connectivity index (χ2v) is 5.32. The van der Waals surface area contributed by atoms with Gasteiger partial charge < -0.3 is 0 Å². The Morgan fingerprint density at radius 3 is 2.86 bits per heavy atom. The fourth-order valence-electron chi connectivity index (χ4n) is 1.44. The monoisotopic (exact) mass is 206 g/mol. The van der Waals surface area contributed by atoms with Crippen molar-refractivity contribution in [1.29, 1.82) is 0 Å². The highest BCUT2D eigenvalue weighted by atomic mass is 32.2. The summed E-state index contributed by atoms with van der Waals surface area (Å²) in [5.41, 5.74) is 2.45. The molecule has 3 heteroatoms. The van der Waals surface area contributed by atoms with E-state index in [1.807, 2.05) is 18.0 Å². The molecule has 0 aliphatic rings. The van der Waals surface area contributed by atoms with Crippen molar-refractivity contribution >= 4 is 22.7 Å². The summed E-state index contributed by atoms with van der Waals surface area (Å²) in [6.07, 6.45) is 4.01. The molecule has 0 amide bonds. The van der Waals surface area contributed by atoms with E-state index in [9.17, 15) is 0 Å². The molecular formula is C11H14N2S. The van der Waals surface area contributed by atoms with Crippen LogP contribution in [0.3, 0.4) is 0 Å². The van der Waals surface area contributed by atoms with E-state index < -0.39 is 0 Å². The van der Waals surface area contributed by atoms with Gasteiger partial charge in [0.15, 0.2) is 0 Å². The van der Waals surface area contributed by atoms with Gasteiger partial charge in [0.1, 0.15) is 0 Å². The van der Waals surface area contributed by atoms with E-state index >= 15 is 0 Å². The first-order valence-electron chi connectivity index (χ1n) is 4.62. The predicted octanol–water partition coefficient (Wildman–Crippen LogP) is 3.16. The summed E-state index contributed by atoms with van der Waals surface area (Å²) in [4.78, 5) is 0. The molecule has 1 aromatic heterocycles. The Balaban J connectivity index is 2.53. The maximum atomic E-state index is 4.02. The molecule has 14 heavy (non-hydrogen) atoms. The van der Waals surface area contributed by atoms with Gasteiger partial charge in [0, 0.05) is 10.1 Å². The molecule has 0 aliphatic carbocycles. The van der Waals surface area contributed by atoms with Gasteiger partial charge in [-0.2, -0.15) is 16.9 Å². The van der Waals surface area contributed by atoms with Crippen LogP contribution >= 0.6 is 11.8 Å². The molecule has 1 heterocycles. The summed E-state index contributed by atoms with van der Waals surface area (Å²) in [5.74, 6) is 0. The molecule has 0 atom stereocenters. The third-order valence-electron chi connectivity index (χ3n) is 2.65. The number of benzene rings is 1. The Hall–Kier alpha value is -0.960. The van der Waals surface area contributed by atoms with Crippen molar-refractivity contribution in [1.82, 2.24) is 10.2 Å². The lowest BCUT2D eigenvalue weighted by atomic mass is 10.0. The molecule has 1 N–H and O–H groups in total. The van der Waals surface area contributed by atoms with Crippen LogP contribution in [-0.4, -0.2) is 16.5 Å². The van der Waals surface area contributed by atoms with Crippen LogP contribution in [0.1, 0.15) is 19.4 Å². The molecule has 0 spiro atoms. The molecule has 2 rings (SSSR count). The van der Waals surface area contributed by atoms with E-state index in [4.69, 9.17) is 0 Å². The van der Waals surface area contributed by atoms with Crippen molar-refractivity contribution < 1.29 is 0 Å². The number of thioether (sulfide) groups is 1. The second-order valence-electron chi connectivity index (χ2n) is 3.89. The van der Waals surface area contributed by atoms with Crippen molar-refractivity contribution in [2.75, 3.05) is 6.26 Å². The second kappa shape index (κ2) is 3.31. The number of aromatic nitrogens is 2.